The Hall–Kier alpha value is -1.04. The number of nitrogens with zero attached hydrogens (tertiary/aromatic N) is 2. The molecule has 5 nitrogen and oxygen atoms in total. The van der Waals surface area contributed by atoms with E-state index in [0.717, 1.165) is 50.5 Å². The Balaban J connectivity index is 0.00000132. The standard InChI is InChI=1S/C16H24N4O.2ClH/c21-16(13-5-4-8-17-11-13)19-14-6-7-15(18-12-14)20-9-2-1-3-10-20;;/h6-7,12-13,17H,1-5,8-11H2,(H,19,21);2*1H/t13-;;/m1../s1. The molecule has 0 aliphatic carbocycles. The normalized spacial score (nSPS) is 20.9. The molecule has 3 heterocycles. The number of pyridine rings is 1. The van der Waals surface area contributed by atoms with Gasteiger partial charge in [-0.15, -0.1) is 24.8 Å². The third-order valence-electron chi connectivity index (χ3n) is 4.36. The largest absolute Gasteiger partial charge is 0.357 e. The number of nitrogens with one attached hydrogen (secondary N) is 2. The fourth-order valence-electron chi connectivity index (χ4n) is 3.09. The molecule has 3 rings (SSSR count). The lowest BCUT2D eigenvalue weighted by molar-refractivity contribution is -0.120. The summed E-state index contributed by atoms with van der Waals surface area (Å²) in [6.45, 7) is 3.99. The number of aromatic nitrogens is 1. The smallest absolute Gasteiger partial charge is 0.228 e. The molecular weight excluding hydrogens is 335 g/mol. The third-order valence-corrected chi connectivity index (χ3v) is 4.36. The minimum atomic E-state index is 0. The molecule has 0 bridgehead atoms. The third kappa shape index (κ3) is 5.52. The molecule has 0 radical (unpaired) electrons. The van der Waals surface area contributed by atoms with Crippen LogP contribution in [0.5, 0.6) is 0 Å². The Morgan fingerprint density at radius 1 is 1.17 bits per heavy atom. The molecule has 130 valence electrons. The van der Waals surface area contributed by atoms with Gasteiger partial charge in [0.1, 0.15) is 5.82 Å². The van der Waals surface area contributed by atoms with Gasteiger partial charge in [-0.1, -0.05) is 0 Å². The number of amides is 1. The average Bonchev–Trinajstić information content (AvgIpc) is 2.57. The topological polar surface area (TPSA) is 57.3 Å². The van der Waals surface area contributed by atoms with Gasteiger partial charge < -0.3 is 15.5 Å². The van der Waals surface area contributed by atoms with Crippen LogP contribution in [0.25, 0.3) is 0 Å². The second-order valence-electron chi connectivity index (χ2n) is 5.99. The summed E-state index contributed by atoms with van der Waals surface area (Å²) in [5.74, 6) is 1.21. The van der Waals surface area contributed by atoms with E-state index in [1.807, 2.05) is 12.1 Å². The Morgan fingerprint density at radius 2 is 1.96 bits per heavy atom. The predicted molar refractivity (Wildman–Crippen MR) is 99.0 cm³/mol. The van der Waals surface area contributed by atoms with Gasteiger partial charge in [0.15, 0.2) is 0 Å². The molecule has 2 aliphatic heterocycles. The lowest BCUT2D eigenvalue weighted by Crippen LogP contribution is -2.37. The summed E-state index contributed by atoms with van der Waals surface area (Å²) in [4.78, 5) is 19.0. The maximum atomic E-state index is 12.2. The van der Waals surface area contributed by atoms with Crippen LogP contribution in [0, 0.1) is 5.92 Å². The van der Waals surface area contributed by atoms with Crippen molar-refractivity contribution in [1.29, 1.82) is 0 Å². The van der Waals surface area contributed by atoms with Crippen LogP contribution in [-0.2, 0) is 4.79 Å². The Labute approximate surface area is 150 Å². The summed E-state index contributed by atoms with van der Waals surface area (Å²) >= 11 is 0. The zero-order valence-electron chi connectivity index (χ0n) is 13.3. The molecule has 2 fully saturated rings. The maximum absolute atomic E-state index is 12.2. The highest BCUT2D eigenvalue weighted by molar-refractivity contribution is 5.92. The molecular formula is C16H26Cl2N4O. The average molecular weight is 361 g/mol. The Kier molecular flexibility index (Phi) is 8.66. The first-order chi connectivity index (χ1) is 10.3. The SMILES string of the molecule is Cl.Cl.O=C(Nc1ccc(N2CCCCC2)nc1)[C@@H]1CCCNC1. The number of carbonyl (C=O) groups excluding carboxylic acids is 1. The minimum Gasteiger partial charge on any atom is -0.357 e. The molecule has 0 aromatic carbocycles. The highest BCUT2D eigenvalue weighted by atomic mass is 35.5. The van der Waals surface area contributed by atoms with Crippen LogP contribution in [0.4, 0.5) is 11.5 Å². The first-order valence-electron chi connectivity index (χ1n) is 8.05. The Morgan fingerprint density at radius 3 is 2.57 bits per heavy atom. The van der Waals surface area contributed by atoms with E-state index in [0.29, 0.717) is 0 Å². The van der Waals surface area contributed by atoms with Crippen LogP contribution in [0.3, 0.4) is 0 Å². The zero-order chi connectivity index (χ0) is 14.5. The number of carbonyl (C=O) groups is 1. The van der Waals surface area contributed by atoms with E-state index >= 15 is 0 Å². The van der Waals surface area contributed by atoms with Gasteiger partial charge in [-0.05, 0) is 50.8 Å². The number of rotatable bonds is 3. The maximum Gasteiger partial charge on any atom is 0.228 e. The first-order valence-corrected chi connectivity index (χ1v) is 8.05. The van der Waals surface area contributed by atoms with Crippen molar-refractivity contribution in [2.75, 3.05) is 36.4 Å². The molecule has 1 atom stereocenters. The predicted octanol–water partition coefficient (Wildman–Crippen LogP) is 2.85. The van der Waals surface area contributed by atoms with Crippen molar-refractivity contribution < 1.29 is 4.79 Å². The summed E-state index contributed by atoms with van der Waals surface area (Å²) < 4.78 is 0. The van der Waals surface area contributed by atoms with E-state index in [1.54, 1.807) is 6.20 Å². The second-order valence-corrected chi connectivity index (χ2v) is 5.99. The van der Waals surface area contributed by atoms with Crippen molar-refractivity contribution in [3.63, 3.8) is 0 Å². The van der Waals surface area contributed by atoms with Crippen molar-refractivity contribution in [3.8, 4) is 0 Å². The first kappa shape index (κ1) is 20.0. The fraction of sp³-hybridized carbons (Fsp3) is 0.625. The van der Waals surface area contributed by atoms with Crippen LogP contribution in [0.1, 0.15) is 32.1 Å². The van der Waals surface area contributed by atoms with Gasteiger partial charge in [-0.2, -0.15) is 0 Å². The highest BCUT2D eigenvalue weighted by Gasteiger charge is 2.21. The summed E-state index contributed by atoms with van der Waals surface area (Å²) in [5, 5.41) is 6.25. The van der Waals surface area contributed by atoms with Crippen LogP contribution in [0.2, 0.25) is 0 Å². The minimum absolute atomic E-state index is 0. The van der Waals surface area contributed by atoms with Gasteiger partial charge in [0, 0.05) is 19.6 Å². The quantitative estimate of drug-likeness (QED) is 0.869. The van der Waals surface area contributed by atoms with Crippen molar-refractivity contribution >= 4 is 42.2 Å². The molecule has 2 N–H and O–H groups in total. The van der Waals surface area contributed by atoms with Crippen LogP contribution >= 0.6 is 24.8 Å². The van der Waals surface area contributed by atoms with E-state index in [4.69, 9.17) is 0 Å². The van der Waals surface area contributed by atoms with E-state index in [9.17, 15) is 4.79 Å². The molecule has 0 spiro atoms. The van der Waals surface area contributed by atoms with Gasteiger partial charge in [0.05, 0.1) is 17.8 Å². The van der Waals surface area contributed by atoms with E-state index in [2.05, 4.69) is 20.5 Å². The monoisotopic (exact) mass is 360 g/mol. The van der Waals surface area contributed by atoms with E-state index in [-0.39, 0.29) is 36.6 Å². The van der Waals surface area contributed by atoms with Gasteiger partial charge in [-0.3, -0.25) is 4.79 Å². The van der Waals surface area contributed by atoms with Gasteiger partial charge in [0.25, 0.3) is 0 Å². The molecule has 1 amide bonds. The molecule has 7 heteroatoms. The number of anilines is 2. The van der Waals surface area contributed by atoms with E-state index < -0.39 is 0 Å². The summed E-state index contributed by atoms with van der Waals surface area (Å²) in [7, 11) is 0. The fourth-order valence-corrected chi connectivity index (χ4v) is 3.09. The summed E-state index contributed by atoms with van der Waals surface area (Å²) in [5.41, 5.74) is 0.798. The van der Waals surface area contributed by atoms with Crippen molar-refractivity contribution in [2.24, 2.45) is 5.92 Å². The van der Waals surface area contributed by atoms with Crippen molar-refractivity contribution in [3.05, 3.63) is 18.3 Å². The summed E-state index contributed by atoms with van der Waals surface area (Å²) in [6.07, 6.45) is 7.63. The van der Waals surface area contributed by atoms with Gasteiger partial charge in [0.2, 0.25) is 5.91 Å². The van der Waals surface area contributed by atoms with E-state index in [1.165, 1.54) is 19.3 Å². The molecule has 2 aliphatic rings. The molecule has 0 unspecified atom stereocenters. The lowest BCUT2D eigenvalue weighted by Gasteiger charge is -2.27. The van der Waals surface area contributed by atoms with Crippen molar-refractivity contribution in [1.82, 2.24) is 10.3 Å². The number of piperidine rings is 2. The van der Waals surface area contributed by atoms with Crippen molar-refractivity contribution in [2.45, 2.75) is 32.1 Å². The highest BCUT2D eigenvalue weighted by Crippen LogP contribution is 2.20. The molecule has 23 heavy (non-hydrogen) atoms. The Bertz CT molecular complexity index is 471. The molecule has 0 saturated carbocycles. The second kappa shape index (κ2) is 9.96. The van der Waals surface area contributed by atoms with Gasteiger partial charge in [-0.25, -0.2) is 4.98 Å². The number of hydrogen-bond acceptors (Lipinski definition) is 4. The number of halogens is 2. The molecule has 2 saturated heterocycles. The number of hydrogen-bond donors (Lipinski definition) is 2. The van der Waals surface area contributed by atoms with Crippen LogP contribution in [0.15, 0.2) is 18.3 Å². The van der Waals surface area contributed by atoms with Crippen LogP contribution in [-0.4, -0.2) is 37.1 Å². The zero-order valence-corrected chi connectivity index (χ0v) is 14.9. The lowest BCUT2D eigenvalue weighted by atomic mass is 9.99. The summed E-state index contributed by atoms with van der Waals surface area (Å²) in [6, 6.07) is 3.98. The molecule has 1 aromatic heterocycles. The van der Waals surface area contributed by atoms with Crippen LogP contribution < -0.4 is 15.5 Å². The molecule has 1 aromatic rings. The van der Waals surface area contributed by atoms with Gasteiger partial charge >= 0.3 is 0 Å².